The van der Waals surface area contributed by atoms with Gasteiger partial charge in [0.05, 0.1) is 83.6 Å². The summed E-state index contributed by atoms with van der Waals surface area (Å²) in [6.07, 6.45) is -12.9. The van der Waals surface area contributed by atoms with Crippen LogP contribution in [0.1, 0.15) is 86.0 Å². The standard InChI is InChI=1S/C48H85N5O21/c1-26(2)19-32(45(68)52-20-38(61)51-15-8-18-71-48-29(5)41(64)44(67)35(25-56)74-48)53(21-30(57)9-11-36(59)49-13-6-16-69-46-27(3)39(62)42(65)33(23-54)72-46)22-31(58)10-12-37(60)50-14-7-17-70-47-28(4)40(63)43(66)34(24-55)73-47/h26-29,32-35,39-44,46-48,54-56,62-67H,6-25H2,1-5H3,(H,49,59)(H,50,60)(H,51,61)(H,52,68)/t27?,28?,29?,32?,33?,34?,35?,39-,40-,41-,42+,43+,44+,46-,47-,48-/m1/s1. The van der Waals surface area contributed by atoms with Crippen molar-refractivity contribution in [2.24, 2.45) is 23.7 Å². The van der Waals surface area contributed by atoms with E-state index in [1.807, 2.05) is 13.8 Å². The zero-order chi connectivity index (χ0) is 55.1. The van der Waals surface area contributed by atoms with Crippen molar-refractivity contribution in [1.29, 1.82) is 0 Å². The summed E-state index contributed by atoms with van der Waals surface area (Å²) in [6.45, 7) is 6.46. The lowest BCUT2D eigenvalue weighted by Crippen LogP contribution is -2.55. The number of hydrogen-bond acceptors (Lipinski definition) is 22. The van der Waals surface area contributed by atoms with Crippen LogP contribution in [0.4, 0.5) is 0 Å². The summed E-state index contributed by atoms with van der Waals surface area (Å²) in [5.74, 6) is -4.93. The second-order valence-electron chi connectivity index (χ2n) is 19.8. The molecule has 3 rings (SSSR count). The zero-order valence-electron chi connectivity index (χ0n) is 43.3. The van der Waals surface area contributed by atoms with E-state index in [1.54, 1.807) is 20.8 Å². The third-order valence-corrected chi connectivity index (χ3v) is 13.2. The molecule has 0 aromatic heterocycles. The molecule has 3 aliphatic heterocycles. The summed E-state index contributed by atoms with van der Waals surface area (Å²) >= 11 is 0. The quantitative estimate of drug-likeness (QED) is 0.0269. The molecule has 3 saturated heterocycles. The Morgan fingerprint density at radius 1 is 0.500 bits per heavy atom. The van der Waals surface area contributed by atoms with Crippen molar-refractivity contribution < 1.29 is 103 Å². The number of aliphatic hydroxyl groups excluding tert-OH is 9. The molecule has 3 aliphatic rings. The number of nitrogens with one attached hydrogen (secondary N) is 4. The molecule has 74 heavy (non-hydrogen) atoms. The van der Waals surface area contributed by atoms with Crippen molar-refractivity contribution in [3.05, 3.63) is 0 Å². The third kappa shape index (κ3) is 21.2. The number of carbonyl (C=O) groups is 6. The van der Waals surface area contributed by atoms with E-state index in [2.05, 4.69) is 21.3 Å². The fourth-order valence-electron chi connectivity index (χ4n) is 8.52. The molecule has 0 spiro atoms. The number of rotatable bonds is 34. The molecule has 16 atom stereocenters. The Morgan fingerprint density at radius 2 is 0.838 bits per heavy atom. The van der Waals surface area contributed by atoms with Gasteiger partial charge in [0.15, 0.2) is 18.9 Å². The van der Waals surface area contributed by atoms with Crippen LogP contribution < -0.4 is 21.3 Å². The van der Waals surface area contributed by atoms with Crippen molar-refractivity contribution in [2.45, 2.75) is 166 Å². The highest BCUT2D eigenvalue weighted by Crippen LogP contribution is 2.29. The maximum Gasteiger partial charge on any atom is 0.239 e. The minimum absolute atomic E-state index is 0.0909. The Kier molecular flexibility index (Phi) is 29.5. The Hall–Kier alpha value is -3.42. The van der Waals surface area contributed by atoms with Crippen molar-refractivity contribution in [2.75, 3.05) is 78.9 Å². The summed E-state index contributed by atoms with van der Waals surface area (Å²) in [6, 6.07) is -1.08. The van der Waals surface area contributed by atoms with E-state index in [9.17, 15) is 74.7 Å². The maximum absolute atomic E-state index is 13.8. The van der Waals surface area contributed by atoms with E-state index in [-0.39, 0.29) is 77.5 Å². The zero-order valence-corrected chi connectivity index (χ0v) is 43.3. The number of amides is 4. The molecule has 13 N–H and O–H groups in total. The van der Waals surface area contributed by atoms with E-state index >= 15 is 0 Å². The highest BCUT2D eigenvalue weighted by Gasteiger charge is 2.44. The maximum atomic E-state index is 13.8. The van der Waals surface area contributed by atoms with Crippen molar-refractivity contribution in [3.8, 4) is 0 Å². The lowest BCUT2D eigenvalue weighted by molar-refractivity contribution is -0.282. The van der Waals surface area contributed by atoms with Gasteiger partial charge in [-0.1, -0.05) is 34.6 Å². The molecule has 0 bridgehead atoms. The third-order valence-electron chi connectivity index (χ3n) is 13.2. The topological polar surface area (TPSA) is 391 Å². The van der Waals surface area contributed by atoms with E-state index in [4.69, 9.17) is 28.4 Å². The van der Waals surface area contributed by atoms with Gasteiger partial charge < -0.3 is 95.6 Å². The van der Waals surface area contributed by atoms with Gasteiger partial charge >= 0.3 is 0 Å². The first-order valence-electron chi connectivity index (χ1n) is 25.7. The van der Waals surface area contributed by atoms with Crippen LogP contribution >= 0.6 is 0 Å². The minimum Gasteiger partial charge on any atom is -0.394 e. The molecule has 3 fully saturated rings. The minimum atomic E-state index is -1.28. The molecular formula is C48H85N5O21. The Bertz CT molecular complexity index is 1640. The number of nitrogens with zero attached hydrogens (tertiary/aromatic N) is 1. The average molecular weight is 1070 g/mol. The van der Waals surface area contributed by atoms with Gasteiger partial charge in [-0.25, -0.2) is 0 Å². The van der Waals surface area contributed by atoms with Crippen LogP contribution in [0, 0.1) is 23.7 Å². The molecule has 26 heteroatoms. The molecule has 0 aliphatic carbocycles. The first kappa shape index (κ1) is 64.9. The molecule has 0 aromatic carbocycles. The normalized spacial score (nSPS) is 30.7. The Morgan fingerprint density at radius 3 is 1.16 bits per heavy atom. The van der Waals surface area contributed by atoms with Gasteiger partial charge in [-0.3, -0.25) is 33.7 Å². The Balaban J connectivity index is 1.53. The van der Waals surface area contributed by atoms with Gasteiger partial charge in [0.1, 0.15) is 48.2 Å². The summed E-state index contributed by atoms with van der Waals surface area (Å²) < 4.78 is 33.7. The predicted octanol–water partition coefficient (Wildman–Crippen LogP) is -4.69. The molecule has 0 radical (unpaired) electrons. The van der Waals surface area contributed by atoms with Gasteiger partial charge in [0, 0.05) is 63.1 Å². The van der Waals surface area contributed by atoms with Crippen LogP contribution in [0.2, 0.25) is 0 Å². The van der Waals surface area contributed by atoms with Gasteiger partial charge in [0.2, 0.25) is 23.6 Å². The van der Waals surface area contributed by atoms with Crippen LogP contribution in [-0.4, -0.2) is 245 Å². The average Bonchev–Trinajstić information content (AvgIpc) is 3.37. The fourth-order valence-corrected chi connectivity index (χ4v) is 8.52. The first-order valence-corrected chi connectivity index (χ1v) is 25.7. The van der Waals surface area contributed by atoms with Crippen LogP contribution in [0.5, 0.6) is 0 Å². The van der Waals surface area contributed by atoms with Gasteiger partial charge in [-0.05, 0) is 31.6 Å². The van der Waals surface area contributed by atoms with E-state index < -0.39 is 172 Å². The predicted molar refractivity (Wildman–Crippen MR) is 258 cm³/mol. The number of ketones is 2. The number of carbonyl (C=O) groups excluding carboxylic acids is 6. The Labute approximate surface area is 432 Å². The molecular weight excluding hydrogens is 983 g/mol. The molecule has 3 heterocycles. The number of hydrogen-bond donors (Lipinski definition) is 13. The smallest absolute Gasteiger partial charge is 0.239 e. The van der Waals surface area contributed by atoms with E-state index in [1.165, 1.54) is 4.90 Å². The van der Waals surface area contributed by atoms with Crippen LogP contribution in [0.25, 0.3) is 0 Å². The summed E-state index contributed by atoms with van der Waals surface area (Å²) in [7, 11) is 0. The lowest BCUT2D eigenvalue weighted by Gasteiger charge is -2.40. The number of aliphatic hydroxyl groups is 9. The van der Waals surface area contributed by atoms with Gasteiger partial charge in [0.25, 0.3) is 0 Å². The fraction of sp³-hybridized carbons (Fsp3) is 0.875. The summed E-state index contributed by atoms with van der Waals surface area (Å²) in [5.41, 5.74) is 0. The molecule has 26 nitrogen and oxygen atoms in total. The van der Waals surface area contributed by atoms with Gasteiger partial charge in [-0.15, -0.1) is 0 Å². The highest BCUT2D eigenvalue weighted by atomic mass is 16.7. The SMILES string of the molecule is CC(C)CC(C(=O)NCC(=O)NCCCO[C@@H]1OC(CO)[C@H](O)[C@H](O)C1C)N(CC(=O)CCC(=O)NCCCO[C@@H]1OC(CO)[C@H](O)[C@H](O)C1C)CC(=O)CCC(=O)NCCCO[C@@H]1OC(CO)[C@H](O)[C@H](O)C1C. The summed E-state index contributed by atoms with van der Waals surface area (Å²) in [5, 5.41) is 99.9. The van der Waals surface area contributed by atoms with Crippen LogP contribution in [0.15, 0.2) is 0 Å². The highest BCUT2D eigenvalue weighted by molar-refractivity contribution is 5.91. The summed E-state index contributed by atoms with van der Waals surface area (Å²) in [4.78, 5) is 80.5. The second kappa shape index (κ2) is 33.7. The van der Waals surface area contributed by atoms with Crippen molar-refractivity contribution in [3.63, 3.8) is 0 Å². The van der Waals surface area contributed by atoms with E-state index in [0.717, 1.165) is 0 Å². The lowest BCUT2D eigenvalue weighted by atomic mass is 9.92. The van der Waals surface area contributed by atoms with E-state index in [0.29, 0.717) is 19.3 Å². The molecule has 7 unspecified atom stereocenters. The molecule has 428 valence electrons. The second-order valence-corrected chi connectivity index (χ2v) is 19.8. The number of ether oxygens (including phenoxy) is 6. The molecule has 0 aromatic rings. The van der Waals surface area contributed by atoms with Gasteiger partial charge in [-0.2, -0.15) is 0 Å². The monoisotopic (exact) mass is 1070 g/mol. The molecule has 0 saturated carbocycles. The first-order chi connectivity index (χ1) is 35.1. The number of Topliss-reactive ketones (excluding diaryl/α,β-unsaturated/α-hetero) is 2. The largest absolute Gasteiger partial charge is 0.394 e. The van der Waals surface area contributed by atoms with Crippen molar-refractivity contribution >= 4 is 35.2 Å². The van der Waals surface area contributed by atoms with Crippen LogP contribution in [0.3, 0.4) is 0 Å². The van der Waals surface area contributed by atoms with Crippen molar-refractivity contribution in [1.82, 2.24) is 26.2 Å². The van der Waals surface area contributed by atoms with Crippen LogP contribution in [-0.2, 0) is 57.2 Å². The molecule has 4 amide bonds.